The van der Waals surface area contributed by atoms with E-state index in [9.17, 15) is 4.79 Å². The van der Waals surface area contributed by atoms with E-state index in [1.54, 1.807) is 0 Å². The molecule has 4 nitrogen and oxygen atoms in total. The summed E-state index contributed by atoms with van der Waals surface area (Å²) in [5.41, 5.74) is 7.26. The van der Waals surface area contributed by atoms with Crippen molar-refractivity contribution >= 4 is 24.6 Å². The van der Waals surface area contributed by atoms with Crippen LogP contribution in [0.2, 0.25) is 5.04 Å². The molecule has 3 aromatic carbocycles. The van der Waals surface area contributed by atoms with Gasteiger partial charge < -0.3 is 10.2 Å². The van der Waals surface area contributed by atoms with Gasteiger partial charge in [-0.2, -0.15) is 0 Å². The monoisotopic (exact) mass is 526 g/mol. The molecule has 1 aliphatic heterocycles. The summed E-state index contributed by atoms with van der Waals surface area (Å²) in [6.07, 6.45) is 5.09. The van der Waals surface area contributed by atoms with Crippen LogP contribution in [-0.4, -0.2) is 37.8 Å². The Bertz CT molecular complexity index is 1170. The van der Waals surface area contributed by atoms with Gasteiger partial charge in [-0.05, 0) is 58.6 Å². The van der Waals surface area contributed by atoms with Gasteiger partial charge in [-0.3, -0.25) is 9.69 Å². The summed E-state index contributed by atoms with van der Waals surface area (Å²) in [4.78, 5) is 15.3. The highest BCUT2D eigenvalue weighted by molar-refractivity contribution is 6.99. The van der Waals surface area contributed by atoms with Crippen LogP contribution >= 0.6 is 0 Å². The summed E-state index contributed by atoms with van der Waals surface area (Å²) < 4.78 is 7.55. The Morgan fingerprint density at radius 2 is 1.47 bits per heavy atom. The number of primary amides is 1. The molecule has 1 amide bonds. The van der Waals surface area contributed by atoms with Crippen LogP contribution in [0.1, 0.15) is 58.4 Å². The van der Waals surface area contributed by atoms with Crippen LogP contribution in [0.5, 0.6) is 0 Å². The predicted octanol–water partition coefficient (Wildman–Crippen LogP) is 5.25. The number of carbonyl (C=O) groups excluding carboxylic acids is 1. The minimum Gasteiger partial charge on any atom is -0.404 e. The van der Waals surface area contributed by atoms with E-state index in [1.165, 1.54) is 15.9 Å². The van der Waals surface area contributed by atoms with Crippen molar-refractivity contribution in [2.45, 2.75) is 76.6 Å². The number of nitrogens with two attached hydrogens (primary N) is 1. The summed E-state index contributed by atoms with van der Waals surface area (Å²) >= 11 is 0. The van der Waals surface area contributed by atoms with Gasteiger partial charge in [0.15, 0.2) is 0 Å². The highest BCUT2D eigenvalue weighted by Crippen LogP contribution is 2.50. The van der Waals surface area contributed by atoms with Crippen molar-refractivity contribution in [1.29, 1.82) is 0 Å². The van der Waals surface area contributed by atoms with E-state index in [0.717, 1.165) is 45.2 Å². The maximum Gasteiger partial charge on any atom is 0.261 e. The molecule has 3 atom stereocenters. The Morgan fingerprint density at radius 1 is 0.921 bits per heavy atom. The zero-order valence-electron chi connectivity index (χ0n) is 23.1. The Kier molecular flexibility index (Phi) is 7.63. The van der Waals surface area contributed by atoms with Crippen molar-refractivity contribution < 1.29 is 9.22 Å². The second-order valence-electron chi connectivity index (χ2n) is 12.4. The molecule has 1 spiro atoms. The number of hydrogen-bond donors (Lipinski definition) is 1. The molecule has 2 aliphatic rings. The van der Waals surface area contributed by atoms with Crippen LogP contribution in [0.3, 0.4) is 0 Å². The molecule has 2 fully saturated rings. The fourth-order valence-corrected chi connectivity index (χ4v) is 12.1. The summed E-state index contributed by atoms with van der Waals surface area (Å²) in [6.45, 7) is 8.66. The molecule has 1 heterocycles. The molecule has 5 rings (SSSR count). The van der Waals surface area contributed by atoms with E-state index >= 15 is 0 Å². The van der Waals surface area contributed by atoms with E-state index in [-0.39, 0.29) is 28.5 Å². The van der Waals surface area contributed by atoms with E-state index in [2.05, 4.69) is 111 Å². The van der Waals surface area contributed by atoms with Crippen molar-refractivity contribution in [3.05, 3.63) is 96.6 Å². The van der Waals surface area contributed by atoms with Crippen molar-refractivity contribution in [3.63, 3.8) is 0 Å². The fourth-order valence-electron chi connectivity index (χ4n) is 7.35. The first-order valence-electron chi connectivity index (χ1n) is 14.1. The van der Waals surface area contributed by atoms with Gasteiger partial charge in [0.2, 0.25) is 5.91 Å². The number of rotatable bonds is 7. The molecule has 1 saturated carbocycles. The van der Waals surface area contributed by atoms with Gasteiger partial charge in [-0.25, -0.2) is 0 Å². The smallest absolute Gasteiger partial charge is 0.261 e. The third kappa shape index (κ3) is 5.00. The SMILES string of the molecule is CC(C)(C)[Si](OC1CCCC2(CCN(Cc3ccccc3)C2C(N)=O)C1)(c1ccccc1)c1ccccc1. The van der Waals surface area contributed by atoms with Gasteiger partial charge in [0.25, 0.3) is 8.32 Å². The lowest BCUT2D eigenvalue weighted by molar-refractivity contribution is -0.127. The van der Waals surface area contributed by atoms with Crippen LogP contribution in [-0.2, 0) is 15.8 Å². The van der Waals surface area contributed by atoms with Crippen molar-refractivity contribution in [2.75, 3.05) is 6.54 Å². The Labute approximate surface area is 229 Å². The zero-order chi connectivity index (χ0) is 26.8. The summed E-state index contributed by atoms with van der Waals surface area (Å²) in [7, 11) is -2.66. The maximum atomic E-state index is 13.0. The molecule has 0 radical (unpaired) electrons. The molecule has 5 heteroatoms. The van der Waals surface area contributed by atoms with Gasteiger partial charge in [0.05, 0.1) is 6.04 Å². The molecule has 0 aromatic heterocycles. The molecule has 3 unspecified atom stereocenters. The average Bonchev–Trinajstić information content (AvgIpc) is 3.24. The lowest BCUT2D eigenvalue weighted by Crippen LogP contribution is -2.68. The number of hydrogen-bond acceptors (Lipinski definition) is 3. The Hall–Kier alpha value is -2.73. The molecule has 38 heavy (non-hydrogen) atoms. The third-order valence-electron chi connectivity index (χ3n) is 8.94. The van der Waals surface area contributed by atoms with E-state index in [4.69, 9.17) is 10.2 Å². The average molecular weight is 527 g/mol. The lowest BCUT2D eigenvalue weighted by Gasteiger charge is -2.49. The highest BCUT2D eigenvalue weighted by atomic mass is 28.4. The molecule has 1 aliphatic carbocycles. The summed E-state index contributed by atoms with van der Waals surface area (Å²) in [5.74, 6) is -0.190. The number of nitrogens with zero attached hydrogens (tertiary/aromatic N) is 1. The zero-order valence-corrected chi connectivity index (χ0v) is 24.1. The van der Waals surface area contributed by atoms with Gasteiger partial charge >= 0.3 is 0 Å². The third-order valence-corrected chi connectivity index (χ3v) is 14.0. The second-order valence-corrected chi connectivity index (χ2v) is 16.6. The van der Waals surface area contributed by atoms with E-state index < -0.39 is 8.32 Å². The minimum atomic E-state index is -2.66. The minimum absolute atomic E-state index is 0.0710. The Balaban J connectivity index is 1.49. The topological polar surface area (TPSA) is 55.6 Å². The highest BCUT2D eigenvalue weighted by Gasteiger charge is 2.56. The van der Waals surface area contributed by atoms with Crippen LogP contribution in [0.15, 0.2) is 91.0 Å². The first-order chi connectivity index (χ1) is 18.3. The fraction of sp³-hybridized carbons (Fsp3) is 0.424. The van der Waals surface area contributed by atoms with Crippen molar-refractivity contribution in [1.82, 2.24) is 4.90 Å². The Morgan fingerprint density at radius 3 is 2.00 bits per heavy atom. The quantitative estimate of drug-likeness (QED) is 0.428. The number of amides is 1. The predicted molar refractivity (Wildman–Crippen MR) is 158 cm³/mol. The van der Waals surface area contributed by atoms with Gasteiger partial charge in [-0.1, -0.05) is 118 Å². The van der Waals surface area contributed by atoms with Crippen LogP contribution in [0.4, 0.5) is 0 Å². The van der Waals surface area contributed by atoms with Gasteiger partial charge in [0, 0.05) is 12.6 Å². The van der Waals surface area contributed by atoms with Crippen LogP contribution < -0.4 is 16.1 Å². The first kappa shape index (κ1) is 26.9. The molecule has 200 valence electrons. The van der Waals surface area contributed by atoms with Crippen molar-refractivity contribution in [3.8, 4) is 0 Å². The molecule has 0 bridgehead atoms. The summed E-state index contributed by atoms with van der Waals surface area (Å²) in [5, 5.41) is 2.54. The number of carbonyl (C=O) groups is 1. The van der Waals surface area contributed by atoms with Crippen LogP contribution in [0.25, 0.3) is 0 Å². The maximum absolute atomic E-state index is 13.0. The summed E-state index contributed by atoms with van der Waals surface area (Å²) in [6, 6.07) is 31.9. The van der Waals surface area contributed by atoms with Crippen molar-refractivity contribution in [2.24, 2.45) is 11.1 Å². The van der Waals surface area contributed by atoms with E-state index in [0.29, 0.717) is 0 Å². The molecular weight excluding hydrogens is 484 g/mol. The molecule has 1 saturated heterocycles. The standard InChI is InChI=1S/C33H42N2O2Si/c1-32(2,3)38(28-17-9-5-10-18-28,29-19-11-6-12-20-29)37-27-16-13-21-33(24-27)22-23-35(30(33)31(34)36)25-26-14-7-4-8-15-26/h4-12,14-15,17-20,27,30H,13,16,21-25H2,1-3H3,(H2,34,36). The molecule has 3 aromatic rings. The largest absolute Gasteiger partial charge is 0.404 e. The number of likely N-dealkylation sites (tertiary alicyclic amines) is 1. The van der Waals surface area contributed by atoms with E-state index in [1.807, 2.05) is 6.07 Å². The molecular formula is C33H42N2O2Si. The number of benzene rings is 3. The van der Waals surface area contributed by atoms with Gasteiger partial charge in [0.1, 0.15) is 0 Å². The molecule has 2 N–H and O–H groups in total. The van der Waals surface area contributed by atoms with Crippen LogP contribution in [0, 0.1) is 5.41 Å². The lowest BCUT2D eigenvalue weighted by atomic mass is 9.68. The van der Waals surface area contributed by atoms with Gasteiger partial charge in [-0.15, -0.1) is 0 Å². The normalized spacial score (nSPS) is 24.5. The second kappa shape index (κ2) is 10.8. The first-order valence-corrected chi connectivity index (χ1v) is 16.0.